The van der Waals surface area contributed by atoms with Crippen LogP contribution >= 0.6 is 0 Å². The van der Waals surface area contributed by atoms with Gasteiger partial charge in [-0.25, -0.2) is 9.97 Å². The molecule has 0 amide bonds. The topological polar surface area (TPSA) is 71.8 Å². The Morgan fingerprint density at radius 3 is 2.74 bits per heavy atom. The molecule has 0 unspecified atom stereocenters. The molecule has 1 N–H and O–H groups in total. The van der Waals surface area contributed by atoms with Crippen molar-refractivity contribution in [2.75, 3.05) is 18.0 Å². The van der Waals surface area contributed by atoms with Crippen molar-refractivity contribution in [2.24, 2.45) is 0 Å². The molecular weight excluding hydrogens is 290 g/mol. The number of fused-ring (bicyclic) bond motifs is 1. The van der Waals surface area contributed by atoms with Gasteiger partial charge in [0, 0.05) is 56.6 Å². The zero-order chi connectivity index (χ0) is 15.6. The molecule has 23 heavy (non-hydrogen) atoms. The summed E-state index contributed by atoms with van der Waals surface area (Å²) in [6, 6.07) is 0.454. The molecule has 2 aromatic heterocycles. The number of nitrogens with zero attached hydrogens (tertiary/aromatic N) is 6. The zero-order valence-electron chi connectivity index (χ0n) is 13.6. The van der Waals surface area contributed by atoms with E-state index in [0.29, 0.717) is 6.04 Å². The third-order valence-electron chi connectivity index (χ3n) is 4.81. The average molecular weight is 313 g/mol. The third kappa shape index (κ3) is 3.06. The van der Waals surface area contributed by atoms with E-state index in [-0.39, 0.29) is 0 Å². The van der Waals surface area contributed by atoms with Gasteiger partial charge in [-0.3, -0.25) is 0 Å². The summed E-state index contributed by atoms with van der Waals surface area (Å²) >= 11 is 0. The minimum Gasteiger partial charge on any atom is -0.341 e. The molecule has 0 spiro atoms. The number of nitrogens with one attached hydrogen (secondary N) is 1. The van der Waals surface area contributed by atoms with Gasteiger partial charge in [-0.1, -0.05) is 0 Å². The van der Waals surface area contributed by atoms with E-state index in [1.165, 1.54) is 12.8 Å². The number of rotatable bonds is 4. The third-order valence-corrected chi connectivity index (χ3v) is 4.81. The predicted octanol–water partition coefficient (Wildman–Crippen LogP) is 1.08. The summed E-state index contributed by atoms with van der Waals surface area (Å²) < 4.78 is 2.22. The fraction of sp³-hybridized carbons (Fsp3) is 0.625. The standard InChI is InChI=1S/C16H23N7/c1-12-20-21-15-5-4-14(11-23(12)15)17-8-13-9-18-16(19-10-13)22-6-2-3-7-22/h9-10,14,17H,2-8,11H2,1H3/t14-/m1/s1. The predicted molar refractivity (Wildman–Crippen MR) is 87.2 cm³/mol. The fourth-order valence-electron chi connectivity index (χ4n) is 3.41. The Morgan fingerprint density at radius 2 is 1.96 bits per heavy atom. The van der Waals surface area contributed by atoms with Gasteiger partial charge >= 0.3 is 0 Å². The smallest absolute Gasteiger partial charge is 0.225 e. The summed E-state index contributed by atoms with van der Waals surface area (Å²) in [7, 11) is 0. The first-order valence-electron chi connectivity index (χ1n) is 8.47. The van der Waals surface area contributed by atoms with Crippen molar-refractivity contribution < 1.29 is 0 Å². The van der Waals surface area contributed by atoms with Crippen molar-refractivity contribution in [2.45, 2.75) is 51.7 Å². The number of hydrogen-bond donors (Lipinski definition) is 1. The fourth-order valence-corrected chi connectivity index (χ4v) is 3.41. The Hall–Kier alpha value is -2.02. The van der Waals surface area contributed by atoms with Crippen LogP contribution in [0.15, 0.2) is 12.4 Å². The molecule has 0 saturated carbocycles. The molecular formula is C16H23N7. The minimum absolute atomic E-state index is 0.454. The second-order valence-corrected chi connectivity index (χ2v) is 6.48. The Labute approximate surface area is 136 Å². The van der Waals surface area contributed by atoms with Crippen LogP contribution < -0.4 is 10.2 Å². The molecule has 2 aromatic rings. The number of aryl methyl sites for hydroxylation is 2. The Kier molecular flexibility index (Phi) is 3.95. The summed E-state index contributed by atoms with van der Waals surface area (Å²) in [5, 5.41) is 12.0. The van der Waals surface area contributed by atoms with E-state index in [4.69, 9.17) is 0 Å². The van der Waals surface area contributed by atoms with Crippen LogP contribution in [-0.4, -0.2) is 43.9 Å². The quantitative estimate of drug-likeness (QED) is 0.911. The lowest BCUT2D eigenvalue weighted by atomic mass is 10.1. The highest BCUT2D eigenvalue weighted by atomic mass is 15.3. The van der Waals surface area contributed by atoms with Crippen LogP contribution in [0.25, 0.3) is 0 Å². The van der Waals surface area contributed by atoms with Crippen molar-refractivity contribution in [3.63, 3.8) is 0 Å². The van der Waals surface area contributed by atoms with E-state index in [0.717, 1.165) is 62.2 Å². The molecule has 1 fully saturated rings. The van der Waals surface area contributed by atoms with Crippen LogP contribution in [0, 0.1) is 6.92 Å². The lowest BCUT2D eigenvalue weighted by molar-refractivity contribution is 0.375. The van der Waals surface area contributed by atoms with E-state index in [1.807, 2.05) is 19.3 Å². The maximum atomic E-state index is 4.52. The normalized spacial score (nSPS) is 20.7. The van der Waals surface area contributed by atoms with Crippen LogP contribution in [0.5, 0.6) is 0 Å². The van der Waals surface area contributed by atoms with Gasteiger partial charge in [0.1, 0.15) is 11.6 Å². The monoisotopic (exact) mass is 313 g/mol. The summed E-state index contributed by atoms with van der Waals surface area (Å²) in [6.07, 6.45) is 8.49. The summed E-state index contributed by atoms with van der Waals surface area (Å²) in [6.45, 7) is 5.94. The summed E-state index contributed by atoms with van der Waals surface area (Å²) in [4.78, 5) is 11.3. The first-order valence-corrected chi connectivity index (χ1v) is 8.47. The Balaban J connectivity index is 1.33. The molecule has 1 saturated heterocycles. The SMILES string of the molecule is Cc1nnc2n1C[C@H](NCc1cnc(N3CCCC3)nc1)CC2. The Morgan fingerprint density at radius 1 is 1.17 bits per heavy atom. The van der Waals surface area contributed by atoms with Gasteiger partial charge < -0.3 is 14.8 Å². The van der Waals surface area contributed by atoms with Crippen LogP contribution in [0.3, 0.4) is 0 Å². The molecule has 122 valence electrons. The van der Waals surface area contributed by atoms with Crippen molar-refractivity contribution in [1.82, 2.24) is 30.0 Å². The molecule has 4 heterocycles. The largest absolute Gasteiger partial charge is 0.341 e. The minimum atomic E-state index is 0.454. The van der Waals surface area contributed by atoms with E-state index >= 15 is 0 Å². The Bertz CT molecular complexity index is 658. The van der Waals surface area contributed by atoms with Gasteiger partial charge in [0.05, 0.1) is 0 Å². The highest BCUT2D eigenvalue weighted by Crippen LogP contribution is 2.16. The van der Waals surface area contributed by atoms with Crippen molar-refractivity contribution in [3.8, 4) is 0 Å². The summed E-state index contributed by atoms with van der Waals surface area (Å²) in [5.41, 5.74) is 1.14. The van der Waals surface area contributed by atoms with Crippen molar-refractivity contribution >= 4 is 5.95 Å². The van der Waals surface area contributed by atoms with E-state index in [9.17, 15) is 0 Å². The maximum absolute atomic E-state index is 4.52. The van der Waals surface area contributed by atoms with Gasteiger partial charge in [0.15, 0.2) is 0 Å². The van der Waals surface area contributed by atoms with Crippen LogP contribution in [0.2, 0.25) is 0 Å². The molecule has 0 aromatic carbocycles. The zero-order valence-corrected chi connectivity index (χ0v) is 13.6. The number of aromatic nitrogens is 5. The van der Waals surface area contributed by atoms with Crippen LogP contribution in [0.4, 0.5) is 5.95 Å². The first kappa shape index (κ1) is 14.6. The van der Waals surface area contributed by atoms with Gasteiger partial charge in [-0.05, 0) is 26.2 Å². The lowest BCUT2D eigenvalue weighted by Crippen LogP contribution is -2.37. The van der Waals surface area contributed by atoms with E-state index in [1.54, 1.807) is 0 Å². The first-order chi connectivity index (χ1) is 11.3. The molecule has 2 aliphatic rings. The van der Waals surface area contributed by atoms with Gasteiger partial charge in [0.25, 0.3) is 0 Å². The molecule has 1 atom stereocenters. The molecule has 0 radical (unpaired) electrons. The van der Waals surface area contributed by atoms with Gasteiger partial charge in [-0.15, -0.1) is 10.2 Å². The van der Waals surface area contributed by atoms with Gasteiger partial charge in [0.2, 0.25) is 5.95 Å². The lowest BCUT2D eigenvalue weighted by Gasteiger charge is -2.25. The van der Waals surface area contributed by atoms with Crippen molar-refractivity contribution in [1.29, 1.82) is 0 Å². The highest BCUT2D eigenvalue weighted by molar-refractivity contribution is 5.30. The molecule has 0 bridgehead atoms. The highest BCUT2D eigenvalue weighted by Gasteiger charge is 2.21. The second-order valence-electron chi connectivity index (χ2n) is 6.48. The summed E-state index contributed by atoms with van der Waals surface area (Å²) in [5.74, 6) is 2.98. The molecule has 7 nitrogen and oxygen atoms in total. The molecule has 0 aliphatic carbocycles. The average Bonchev–Trinajstić information content (AvgIpc) is 3.24. The van der Waals surface area contributed by atoms with Gasteiger partial charge in [-0.2, -0.15) is 0 Å². The second kappa shape index (κ2) is 6.23. The molecule has 7 heteroatoms. The molecule has 2 aliphatic heterocycles. The number of anilines is 1. The van der Waals surface area contributed by atoms with Crippen molar-refractivity contribution in [3.05, 3.63) is 29.6 Å². The maximum Gasteiger partial charge on any atom is 0.225 e. The van der Waals surface area contributed by atoms with E-state index in [2.05, 4.69) is 34.9 Å². The molecule has 4 rings (SSSR count). The number of hydrogen-bond acceptors (Lipinski definition) is 6. The van der Waals surface area contributed by atoms with Crippen LogP contribution in [-0.2, 0) is 19.5 Å². The van der Waals surface area contributed by atoms with Crippen LogP contribution in [0.1, 0.15) is 36.5 Å². The van der Waals surface area contributed by atoms with E-state index < -0.39 is 0 Å².